The molecule has 0 aliphatic rings. The lowest BCUT2D eigenvalue weighted by molar-refractivity contribution is 0.537. The maximum Gasteiger partial charge on any atom is 0.264 e. The molecule has 0 saturated heterocycles. The number of benzene rings is 3. The van der Waals surface area contributed by atoms with Crippen LogP contribution in [0, 0.1) is 73.1 Å². The minimum absolute atomic E-state index is 0.180. The van der Waals surface area contributed by atoms with Gasteiger partial charge in [0.2, 0.25) is 0 Å². The van der Waals surface area contributed by atoms with E-state index in [0.717, 1.165) is 20.8 Å². The SMILES string of the molecule is Cc1c(F)cc(F)c(B(c2c(F)cc(F)c(C)c2F)c2c(F)cc(F)c(C)c2F)c1F. The van der Waals surface area contributed by atoms with Gasteiger partial charge in [-0.05, 0) is 20.8 Å². The predicted molar refractivity (Wildman–Crippen MR) is 97.8 cm³/mol. The smallest absolute Gasteiger partial charge is 0.207 e. The van der Waals surface area contributed by atoms with Crippen LogP contribution in [0.15, 0.2) is 18.2 Å². The largest absolute Gasteiger partial charge is 0.264 e. The fraction of sp³-hybridized carbons (Fsp3) is 0.143. The van der Waals surface area contributed by atoms with Crippen molar-refractivity contribution in [3.8, 4) is 0 Å². The summed E-state index contributed by atoms with van der Waals surface area (Å²) in [7, 11) is 0. The van der Waals surface area contributed by atoms with Gasteiger partial charge in [-0.3, -0.25) is 0 Å². The van der Waals surface area contributed by atoms with Crippen molar-refractivity contribution in [2.45, 2.75) is 20.8 Å². The van der Waals surface area contributed by atoms with Crippen molar-refractivity contribution < 1.29 is 39.5 Å². The summed E-state index contributed by atoms with van der Waals surface area (Å²) in [6, 6.07) is 0.539. The maximum absolute atomic E-state index is 14.9. The van der Waals surface area contributed by atoms with Gasteiger partial charge in [0.05, 0.1) is 0 Å². The zero-order valence-corrected chi connectivity index (χ0v) is 16.2. The van der Waals surface area contributed by atoms with E-state index < -0.39 is 92.1 Å². The van der Waals surface area contributed by atoms with Crippen molar-refractivity contribution >= 4 is 23.1 Å². The summed E-state index contributed by atoms with van der Waals surface area (Å²) in [5.74, 6) is -14.2. The van der Waals surface area contributed by atoms with Gasteiger partial charge in [0.15, 0.2) is 0 Å². The van der Waals surface area contributed by atoms with E-state index in [0.29, 0.717) is 0 Å². The molecule has 0 heterocycles. The Morgan fingerprint density at radius 3 is 0.871 bits per heavy atom. The van der Waals surface area contributed by atoms with E-state index in [4.69, 9.17) is 0 Å². The van der Waals surface area contributed by atoms with Crippen LogP contribution in [0.3, 0.4) is 0 Å². The quantitative estimate of drug-likeness (QED) is 0.414. The van der Waals surface area contributed by atoms with Crippen LogP contribution in [0.1, 0.15) is 16.7 Å². The van der Waals surface area contributed by atoms with E-state index in [-0.39, 0.29) is 18.2 Å². The normalized spacial score (nSPS) is 11.2. The fourth-order valence-electron chi connectivity index (χ4n) is 3.35. The first kappa shape index (κ1) is 22.8. The van der Waals surface area contributed by atoms with Crippen LogP contribution in [0.5, 0.6) is 0 Å². The van der Waals surface area contributed by atoms with Crippen LogP contribution >= 0.6 is 0 Å². The molecule has 0 aliphatic heterocycles. The average Bonchev–Trinajstić information content (AvgIpc) is 2.68. The van der Waals surface area contributed by atoms with Crippen LogP contribution in [-0.2, 0) is 0 Å². The van der Waals surface area contributed by atoms with Gasteiger partial charge in [0.1, 0.15) is 52.4 Å². The number of hydrogen-bond donors (Lipinski definition) is 0. The van der Waals surface area contributed by atoms with Crippen molar-refractivity contribution in [2.24, 2.45) is 0 Å². The third-order valence-corrected chi connectivity index (χ3v) is 5.17. The van der Waals surface area contributed by atoms with Gasteiger partial charge in [-0.2, -0.15) is 0 Å². The second kappa shape index (κ2) is 7.98. The highest BCUT2D eigenvalue weighted by Gasteiger charge is 2.39. The van der Waals surface area contributed by atoms with Gasteiger partial charge < -0.3 is 0 Å². The molecule has 0 aliphatic carbocycles. The Hall–Kier alpha value is -2.91. The van der Waals surface area contributed by atoms with Crippen LogP contribution in [0.25, 0.3) is 0 Å². The summed E-state index contributed by atoms with van der Waals surface area (Å²) < 4.78 is 130. The van der Waals surface area contributed by atoms with Crippen LogP contribution in [0.2, 0.25) is 0 Å². The van der Waals surface area contributed by atoms with E-state index in [1.807, 2.05) is 0 Å². The van der Waals surface area contributed by atoms with Crippen molar-refractivity contribution in [1.82, 2.24) is 0 Å². The summed E-state index contributed by atoms with van der Waals surface area (Å²) in [6.45, 7) is 0.111. The molecule has 0 nitrogen and oxygen atoms in total. The van der Waals surface area contributed by atoms with E-state index >= 15 is 0 Å². The highest BCUT2D eigenvalue weighted by atomic mass is 19.2. The van der Waals surface area contributed by atoms with E-state index in [1.54, 1.807) is 0 Å². The number of hydrogen-bond acceptors (Lipinski definition) is 0. The van der Waals surface area contributed by atoms with Crippen LogP contribution in [-0.4, -0.2) is 6.71 Å². The van der Waals surface area contributed by atoms with Crippen molar-refractivity contribution in [3.63, 3.8) is 0 Å². The second-order valence-corrected chi connectivity index (χ2v) is 7.01. The van der Waals surface area contributed by atoms with Crippen LogP contribution < -0.4 is 16.4 Å². The molecular weight excluding hydrogens is 434 g/mol. The first-order chi connectivity index (χ1) is 14.4. The van der Waals surface area contributed by atoms with Gasteiger partial charge in [-0.25, -0.2) is 39.5 Å². The van der Waals surface area contributed by atoms with Gasteiger partial charge in [-0.15, -0.1) is 0 Å². The Kier molecular flexibility index (Phi) is 5.86. The third kappa shape index (κ3) is 3.57. The van der Waals surface area contributed by atoms with Gasteiger partial charge in [-0.1, -0.05) is 0 Å². The summed E-state index contributed by atoms with van der Waals surface area (Å²) >= 11 is 0. The summed E-state index contributed by atoms with van der Waals surface area (Å²) in [6.07, 6.45) is 0. The van der Waals surface area contributed by atoms with Crippen molar-refractivity contribution in [2.75, 3.05) is 0 Å². The van der Waals surface area contributed by atoms with Crippen LogP contribution in [0.4, 0.5) is 39.5 Å². The third-order valence-electron chi connectivity index (χ3n) is 5.17. The topological polar surface area (TPSA) is 0 Å². The summed E-state index contributed by atoms with van der Waals surface area (Å²) in [4.78, 5) is 0. The second-order valence-electron chi connectivity index (χ2n) is 7.01. The average molecular weight is 446 g/mol. The molecule has 0 fully saturated rings. The van der Waals surface area contributed by atoms with E-state index in [1.165, 1.54) is 0 Å². The molecule has 0 spiro atoms. The molecule has 3 aromatic rings. The lowest BCUT2D eigenvalue weighted by atomic mass is 9.35. The monoisotopic (exact) mass is 446 g/mol. The molecule has 0 unspecified atom stereocenters. The van der Waals surface area contributed by atoms with Crippen molar-refractivity contribution in [1.29, 1.82) is 0 Å². The molecular formula is C21H12BF9. The van der Waals surface area contributed by atoms with Gasteiger partial charge in [0, 0.05) is 51.3 Å². The lowest BCUT2D eigenvalue weighted by Gasteiger charge is -2.22. The lowest BCUT2D eigenvalue weighted by Crippen LogP contribution is -2.59. The Morgan fingerprint density at radius 1 is 0.419 bits per heavy atom. The first-order valence-electron chi connectivity index (χ1n) is 8.80. The Bertz CT molecular complexity index is 1070. The molecule has 31 heavy (non-hydrogen) atoms. The molecule has 0 saturated carbocycles. The fourth-order valence-corrected chi connectivity index (χ4v) is 3.35. The van der Waals surface area contributed by atoms with Gasteiger partial charge in [0.25, 0.3) is 6.71 Å². The molecule has 162 valence electrons. The molecule has 0 amide bonds. The summed E-state index contributed by atoms with van der Waals surface area (Å²) in [5.41, 5.74) is -6.23. The Labute approximate surface area is 171 Å². The number of halogens is 9. The minimum Gasteiger partial charge on any atom is -0.207 e. The summed E-state index contributed by atoms with van der Waals surface area (Å²) in [5, 5.41) is 0. The Morgan fingerprint density at radius 2 is 0.645 bits per heavy atom. The van der Waals surface area contributed by atoms with E-state index in [9.17, 15) is 39.5 Å². The molecule has 10 heteroatoms. The maximum atomic E-state index is 14.9. The van der Waals surface area contributed by atoms with E-state index in [2.05, 4.69) is 0 Å². The zero-order valence-electron chi connectivity index (χ0n) is 16.2. The molecule has 0 aromatic heterocycles. The predicted octanol–water partition coefficient (Wildman–Crippen LogP) is 4.38. The Balaban J connectivity index is 2.56. The molecule has 3 rings (SSSR count). The molecule has 0 N–H and O–H groups in total. The molecule has 0 atom stereocenters. The first-order valence-corrected chi connectivity index (χ1v) is 8.80. The standard InChI is InChI=1S/C21H12BF9/c1-7-10(23)4-13(26)16(19(7)29)22(17-14(27)5-11(24)8(2)20(17)30)18-15(28)6-12(25)9(3)21(18)31/h4-6H,1-3H3. The number of rotatable bonds is 3. The van der Waals surface area contributed by atoms with Crippen molar-refractivity contribution in [3.05, 3.63) is 87.2 Å². The highest BCUT2D eigenvalue weighted by Crippen LogP contribution is 2.20. The molecule has 3 aromatic carbocycles. The molecule has 0 radical (unpaired) electrons. The minimum atomic E-state index is -2.50. The highest BCUT2D eigenvalue weighted by molar-refractivity contribution is 6.95. The zero-order chi connectivity index (χ0) is 23.4. The molecule has 0 bridgehead atoms. The van der Waals surface area contributed by atoms with Gasteiger partial charge >= 0.3 is 0 Å².